The number of ether oxygens (including phenoxy) is 2. The zero-order valence-corrected chi connectivity index (χ0v) is 24.4. The number of phosphoric ester groups is 1. The molecule has 11 N–H and O–H groups in total. The summed E-state index contributed by atoms with van der Waals surface area (Å²) >= 11 is 0. The first-order valence-electron chi connectivity index (χ1n) is 12.9. The molecule has 0 saturated carbocycles. The lowest BCUT2D eigenvalue weighted by molar-refractivity contribution is -0.0576. The fourth-order valence-corrected chi connectivity index (χ4v) is 6.28. The summed E-state index contributed by atoms with van der Waals surface area (Å²) in [5.41, 5.74) is 17.4. The molecule has 4 aromatic heterocycles. The van der Waals surface area contributed by atoms with Crippen LogP contribution in [0.15, 0.2) is 25.3 Å². The third kappa shape index (κ3) is 6.14. The number of anilines is 2. The maximum absolute atomic E-state index is 13.1. The van der Waals surface area contributed by atoms with Crippen LogP contribution < -0.4 is 17.0 Å². The number of aliphatic hydroxyl groups excluding tert-OH is 3. The first kappa shape index (κ1) is 31.7. The van der Waals surface area contributed by atoms with E-state index < -0.39 is 77.9 Å². The number of nitrogens with zero attached hydrogens (tertiary/aromatic N) is 8. The highest BCUT2D eigenvalue weighted by Gasteiger charge is 2.51. The molecule has 0 amide bonds. The Balaban J connectivity index is 1.17. The highest BCUT2D eigenvalue weighted by atomic mass is 31.2. The van der Waals surface area contributed by atoms with E-state index in [4.69, 9.17) is 40.0 Å². The molecule has 0 aromatic carbocycles. The van der Waals surface area contributed by atoms with Crippen LogP contribution >= 0.6 is 15.6 Å². The number of hydrogen-bond donors (Lipinski definition) is 8. The van der Waals surface area contributed by atoms with Gasteiger partial charge in [-0.1, -0.05) is 0 Å². The van der Waals surface area contributed by atoms with Gasteiger partial charge in [-0.2, -0.15) is 0 Å². The van der Waals surface area contributed by atoms with Crippen LogP contribution in [0.1, 0.15) is 12.5 Å². The van der Waals surface area contributed by atoms with E-state index in [1.54, 1.807) is 0 Å². The molecule has 0 aliphatic carbocycles. The number of rotatable bonds is 10. The quantitative estimate of drug-likeness (QED) is 0.0791. The summed E-state index contributed by atoms with van der Waals surface area (Å²) < 4.78 is 53.6. The Morgan fingerprint density at radius 2 is 1.27 bits per heavy atom. The molecular weight excluding hydrogens is 648 g/mol. The Bertz CT molecular complexity index is 1800. The van der Waals surface area contributed by atoms with Gasteiger partial charge in [0.25, 0.3) is 0 Å². The average Bonchev–Trinajstić information content (AvgIpc) is 3.73. The predicted octanol–water partition coefficient (Wildman–Crippen LogP) is -2.71. The molecule has 0 spiro atoms. The Kier molecular flexibility index (Phi) is 8.33. The number of nitrogen functional groups attached to an aromatic ring is 2. The summed E-state index contributed by atoms with van der Waals surface area (Å²) in [6.07, 6.45) is -7.28. The number of phosphoric acid groups is 1. The van der Waals surface area contributed by atoms with Crippen molar-refractivity contribution >= 4 is 49.5 Å². The summed E-state index contributed by atoms with van der Waals surface area (Å²) in [7, 11) is -9.67. The summed E-state index contributed by atoms with van der Waals surface area (Å²) in [5, 5.41) is 32.3. The van der Waals surface area contributed by atoms with E-state index in [0.29, 0.717) is 0 Å². The molecule has 0 bridgehead atoms. The first-order chi connectivity index (χ1) is 21.2. The van der Waals surface area contributed by atoms with Crippen molar-refractivity contribution in [3.63, 3.8) is 0 Å². The van der Waals surface area contributed by atoms with Gasteiger partial charge in [-0.25, -0.2) is 44.5 Å². The zero-order valence-electron chi connectivity index (χ0n) is 22.6. The van der Waals surface area contributed by atoms with Crippen molar-refractivity contribution < 1.29 is 57.3 Å². The summed E-state index contributed by atoms with van der Waals surface area (Å²) in [5.74, 6) is 0.0970. The number of fused-ring (bicyclic) bond motifs is 2. The minimum Gasteiger partial charge on any atom is -0.387 e. The maximum atomic E-state index is 13.1. The number of nitrogens with two attached hydrogens (primary N) is 3. The molecular formula is C20H27N11O12P2. The maximum Gasteiger partial charge on any atom is 0.472 e. The van der Waals surface area contributed by atoms with Crippen LogP contribution in [0.2, 0.25) is 0 Å². The Morgan fingerprint density at radius 3 is 1.82 bits per heavy atom. The van der Waals surface area contributed by atoms with Gasteiger partial charge < -0.3 is 46.0 Å². The van der Waals surface area contributed by atoms with Gasteiger partial charge in [0.05, 0.1) is 25.9 Å². The van der Waals surface area contributed by atoms with Gasteiger partial charge in [0.2, 0.25) is 0 Å². The molecule has 244 valence electrons. The fraction of sp³-hybridized carbons (Fsp3) is 0.500. The van der Waals surface area contributed by atoms with Gasteiger partial charge in [0, 0.05) is 0 Å². The van der Waals surface area contributed by atoms with Crippen LogP contribution in [0.4, 0.5) is 11.6 Å². The van der Waals surface area contributed by atoms with Crippen molar-refractivity contribution in [2.45, 2.75) is 49.1 Å². The van der Waals surface area contributed by atoms with Crippen molar-refractivity contribution in [1.29, 1.82) is 0 Å². The summed E-state index contributed by atoms with van der Waals surface area (Å²) in [6, 6.07) is 0. The second kappa shape index (κ2) is 11.8. The van der Waals surface area contributed by atoms with Crippen LogP contribution in [0.25, 0.3) is 22.3 Å². The number of hydrogen-bond acceptors (Lipinski definition) is 18. The fourth-order valence-electron chi connectivity index (χ4n) is 4.96. The molecule has 25 heteroatoms. The first-order valence-corrected chi connectivity index (χ1v) is 16.0. The molecule has 4 aromatic rings. The van der Waals surface area contributed by atoms with Crippen LogP contribution in [0.5, 0.6) is 0 Å². The minimum atomic E-state index is -5.12. The van der Waals surface area contributed by atoms with Gasteiger partial charge in [-0.05, 0) is 0 Å². The second-order valence-corrected chi connectivity index (χ2v) is 12.8. The third-order valence-electron chi connectivity index (χ3n) is 7.05. The summed E-state index contributed by atoms with van der Waals surface area (Å²) in [6.45, 7) is -1.55. The SMILES string of the molecule is Nc1ncnc2c1ncn2[C@@H]1O[C@H](COP(=O)(O)O[C@H]2[C@@H](O)[C@H](n3cnc4c(N)ncnc43)O[C@@H]2COP(N)(=O)O)[C@@H](O)[C@H]1O. The molecule has 2 aliphatic heterocycles. The second-order valence-electron chi connectivity index (χ2n) is 9.96. The molecule has 2 aliphatic rings. The van der Waals surface area contributed by atoms with Gasteiger partial charge in [0.1, 0.15) is 60.3 Å². The Hall–Kier alpha value is -3.28. The van der Waals surface area contributed by atoms with E-state index in [2.05, 4.69) is 29.9 Å². The molecule has 0 radical (unpaired) electrons. The standard InChI is InChI=1S/C20H27N11O12P2/c21-15-9-17(26-3-24-15)30(5-28-9)19-12(33)11(32)7(41-19)1-40-45(37,38)43-14-8(2-39-44(23,35)36)42-20(13(14)34)31-6-29-10-16(22)25-4-27-18(10)31/h3-8,11-14,19-20,32-34H,1-2H2,(H,37,38)(H2,21,24,26)(H2,22,25,27)(H3,23,35,36)/t7-,8-,11-,12-,13-,14-,19-,20-/m1/s1. The number of aromatic nitrogens is 8. The highest BCUT2D eigenvalue weighted by molar-refractivity contribution is 7.50. The van der Waals surface area contributed by atoms with Crippen molar-refractivity contribution in [3.8, 4) is 0 Å². The van der Waals surface area contributed by atoms with Crippen molar-refractivity contribution in [3.05, 3.63) is 25.3 Å². The molecule has 2 fully saturated rings. The molecule has 6 heterocycles. The zero-order chi connectivity index (χ0) is 32.3. The molecule has 2 saturated heterocycles. The molecule has 6 rings (SSSR count). The van der Waals surface area contributed by atoms with E-state index in [0.717, 1.165) is 6.33 Å². The van der Waals surface area contributed by atoms with Crippen LogP contribution in [-0.2, 0) is 32.2 Å². The topological polar surface area (TPSA) is 347 Å². The molecule has 45 heavy (non-hydrogen) atoms. The van der Waals surface area contributed by atoms with Gasteiger partial charge in [0.15, 0.2) is 35.4 Å². The lowest BCUT2D eigenvalue weighted by atomic mass is 10.1. The highest BCUT2D eigenvalue weighted by Crippen LogP contribution is 2.50. The Morgan fingerprint density at radius 1 is 0.756 bits per heavy atom. The van der Waals surface area contributed by atoms with Gasteiger partial charge in [-0.3, -0.25) is 22.7 Å². The normalized spacial score (nSPS) is 31.4. The van der Waals surface area contributed by atoms with E-state index >= 15 is 0 Å². The van der Waals surface area contributed by atoms with Crippen LogP contribution in [0, 0.1) is 0 Å². The van der Waals surface area contributed by atoms with E-state index in [9.17, 15) is 34.2 Å². The van der Waals surface area contributed by atoms with Gasteiger partial charge in [-0.15, -0.1) is 0 Å². The van der Waals surface area contributed by atoms with E-state index in [1.165, 1.54) is 28.1 Å². The molecule has 2 unspecified atom stereocenters. The minimum absolute atomic E-state index is 0.0267. The van der Waals surface area contributed by atoms with Crippen molar-refractivity contribution in [1.82, 2.24) is 39.0 Å². The van der Waals surface area contributed by atoms with E-state index in [-0.39, 0.29) is 34.0 Å². The lowest BCUT2D eigenvalue weighted by Gasteiger charge is -2.24. The Labute approximate surface area is 250 Å². The largest absolute Gasteiger partial charge is 0.472 e. The third-order valence-corrected chi connectivity index (χ3v) is 8.55. The van der Waals surface area contributed by atoms with Crippen molar-refractivity contribution in [2.24, 2.45) is 5.50 Å². The van der Waals surface area contributed by atoms with Crippen LogP contribution in [-0.4, -0.2) is 114 Å². The summed E-state index contributed by atoms with van der Waals surface area (Å²) in [4.78, 5) is 43.9. The monoisotopic (exact) mass is 675 g/mol. The van der Waals surface area contributed by atoms with Crippen LogP contribution in [0.3, 0.4) is 0 Å². The van der Waals surface area contributed by atoms with Gasteiger partial charge >= 0.3 is 15.6 Å². The predicted molar refractivity (Wildman–Crippen MR) is 146 cm³/mol. The molecule has 10 atom stereocenters. The van der Waals surface area contributed by atoms with Crippen molar-refractivity contribution in [2.75, 3.05) is 24.7 Å². The average molecular weight is 675 g/mol. The number of imidazole rings is 2. The molecule has 23 nitrogen and oxygen atoms in total. The lowest BCUT2D eigenvalue weighted by Crippen LogP contribution is -2.37. The number of aliphatic hydroxyl groups is 3. The van der Waals surface area contributed by atoms with E-state index in [1.807, 2.05) is 0 Å². The smallest absolute Gasteiger partial charge is 0.387 e.